The lowest BCUT2D eigenvalue weighted by molar-refractivity contribution is 0.576. The quantitative estimate of drug-likeness (QED) is 0.788. The summed E-state index contributed by atoms with van der Waals surface area (Å²) >= 11 is 0. The molecule has 0 bridgehead atoms. The first-order chi connectivity index (χ1) is 10.0. The monoisotopic (exact) mass is 309 g/mol. The SMILES string of the molecule is CCNc1cccnc1S(=O)(=O)NCCc1ccnn1C. The Balaban J connectivity index is 2.07. The van der Waals surface area contributed by atoms with Gasteiger partial charge in [-0.05, 0) is 25.1 Å². The summed E-state index contributed by atoms with van der Waals surface area (Å²) in [5.74, 6) is 0. The van der Waals surface area contributed by atoms with Gasteiger partial charge in [0.2, 0.25) is 0 Å². The standard InChI is InChI=1S/C13H19N5O2S/c1-3-14-12-5-4-8-15-13(12)21(19,20)17-10-7-11-6-9-16-18(11)2/h4-6,8-9,14,17H,3,7,10H2,1-2H3. The molecule has 0 saturated carbocycles. The van der Waals surface area contributed by atoms with Crippen molar-refractivity contribution in [3.05, 3.63) is 36.3 Å². The van der Waals surface area contributed by atoms with E-state index in [1.165, 1.54) is 6.20 Å². The fourth-order valence-electron chi connectivity index (χ4n) is 1.96. The molecule has 2 heterocycles. The van der Waals surface area contributed by atoms with Crippen LogP contribution in [0.2, 0.25) is 0 Å². The number of pyridine rings is 1. The topological polar surface area (TPSA) is 88.9 Å². The third-order valence-corrected chi connectivity index (χ3v) is 4.41. The molecule has 2 aromatic heterocycles. The van der Waals surface area contributed by atoms with Crippen LogP contribution >= 0.6 is 0 Å². The van der Waals surface area contributed by atoms with Gasteiger partial charge < -0.3 is 5.32 Å². The van der Waals surface area contributed by atoms with E-state index in [1.807, 2.05) is 20.0 Å². The Bertz CT molecular complexity index is 696. The maximum absolute atomic E-state index is 12.3. The fourth-order valence-corrected chi connectivity index (χ4v) is 3.10. The molecule has 21 heavy (non-hydrogen) atoms. The Morgan fingerprint density at radius 1 is 1.29 bits per heavy atom. The van der Waals surface area contributed by atoms with Crippen LogP contribution in [-0.2, 0) is 23.5 Å². The Morgan fingerprint density at radius 2 is 2.10 bits per heavy atom. The van der Waals surface area contributed by atoms with Gasteiger partial charge in [-0.25, -0.2) is 18.1 Å². The first kappa shape index (κ1) is 15.5. The van der Waals surface area contributed by atoms with Gasteiger partial charge in [-0.3, -0.25) is 4.68 Å². The van der Waals surface area contributed by atoms with E-state index in [0.29, 0.717) is 25.2 Å². The molecule has 0 aromatic carbocycles. The van der Waals surface area contributed by atoms with Gasteiger partial charge in [0.25, 0.3) is 10.0 Å². The molecule has 8 heteroatoms. The maximum Gasteiger partial charge on any atom is 0.260 e. The van der Waals surface area contributed by atoms with Crippen LogP contribution in [0, 0.1) is 0 Å². The van der Waals surface area contributed by atoms with Gasteiger partial charge in [-0.15, -0.1) is 0 Å². The van der Waals surface area contributed by atoms with Crippen LogP contribution < -0.4 is 10.0 Å². The highest BCUT2D eigenvalue weighted by Gasteiger charge is 2.19. The van der Waals surface area contributed by atoms with Crippen LogP contribution in [0.1, 0.15) is 12.6 Å². The normalized spacial score (nSPS) is 11.5. The van der Waals surface area contributed by atoms with Crippen molar-refractivity contribution in [3.63, 3.8) is 0 Å². The lowest BCUT2D eigenvalue weighted by Crippen LogP contribution is -2.28. The van der Waals surface area contributed by atoms with Crippen molar-refractivity contribution in [2.45, 2.75) is 18.4 Å². The Morgan fingerprint density at radius 3 is 2.76 bits per heavy atom. The molecular weight excluding hydrogens is 290 g/mol. The molecule has 2 N–H and O–H groups in total. The number of aromatic nitrogens is 3. The summed E-state index contributed by atoms with van der Waals surface area (Å²) in [6.07, 6.45) is 3.72. The molecule has 0 spiro atoms. The molecule has 0 fully saturated rings. The molecule has 0 amide bonds. The second-order valence-electron chi connectivity index (χ2n) is 4.48. The number of aryl methyl sites for hydroxylation is 1. The van der Waals surface area contributed by atoms with Gasteiger partial charge >= 0.3 is 0 Å². The van der Waals surface area contributed by atoms with E-state index in [2.05, 4.69) is 20.1 Å². The molecule has 0 aliphatic heterocycles. The van der Waals surface area contributed by atoms with Crippen molar-refractivity contribution in [1.29, 1.82) is 0 Å². The van der Waals surface area contributed by atoms with Crippen LogP contribution in [-0.4, -0.2) is 36.3 Å². The molecule has 7 nitrogen and oxygen atoms in total. The van der Waals surface area contributed by atoms with Crippen molar-refractivity contribution in [2.24, 2.45) is 7.05 Å². The van der Waals surface area contributed by atoms with Crippen molar-refractivity contribution in [3.8, 4) is 0 Å². The third kappa shape index (κ3) is 3.79. The summed E-state index contributed by atoms with van der Waals surface area (Å²) in [6, 6.07) is 5.26. The average molecular weight is 309 g/mol. The van der Waals surface area contributed by atoms with Gasteiger partial charge in [0.1, 0.15) is 0 Å². The number of rotatable bonds is 7. The van der Waals surface area contributed by atoms with Gasteiger partial charge in [0.05, 0.1) is 5.69 Å². The summed E-state index contributed by atoms with van der Waals surface area (Å²) in [6.45, 7) is 2.83. The van der Waals surface area contributed by atoms with E-state index < -0.39 is 10.0 Å². The van der Waals surface area contributed by atoms with Crippen LogP contribution in [0.4, 0.5) is 5.69 Å². The minimum absolute atomic E-state index is 0.0249. The molecule has 2 rings (SSSR count). The highest BCUT2D eigenvalue weighted by Crippen LogP contribution is 2.17. The van der Waals surface area contributed by atoms with E-state index >= 15 is 0 Å². The number of nitrogens with zero attached hydrogens (tertiary/aromatic N) is 3. The first-order valence-corrected chi connectivity index (χ1v) is 8.18. The first-order valence-electron chi connectivity index (χ1n) is 6.70. The smallest absolute Gasteiger partial charge is 0.260 e. The van der Waals surface area contributed by atoms with Crippen molar-refractivity contribution >= 4 is 15.7 Å². The molecule has 2 aromatic rings. The summed E-state index contributed by atoms with van der Waals surface area (Å²) in [4.78, 5) is 3.97. The number of anilines is 1. The molecule has 0 radical (unpaired) electrons. The van der Waals surface area contributed by atoms with Crippen LogP contribution in [0.15, 0.2) is 35.6 Å². The lowest BCUT2D eigenvalue weighted by atomic mass is 10.3. The average Bonchev–Trinajstić information content (AvgIpc) is 2.85. The van der Waals surface area contributed by atoms with Crippen molar-refractivity contribution in [2.75, 3.05) is 18.4 Å². The van der Waals surface area contributed by atoms with Crippen LogP contribution in [0.3, 0.4) is 0 Å². The molecular formula is C13H19N5O2S. The second kappa shape index (κ2) is 6.68. The molecule has 0 saturated heterocycles. The summed E-state index contributed by atoms with van der Waals surface area (Å²) < 4.78 is 28.9. The van der Waals surface area contributed by atoms with E-state index in [0.717, 1.165) is 5.69 Å². The van der Waals surface area contributed by atoms with Crippen LogP contribution in [0.5, 0.6) is 0 Å². The van der Waals surface area contributed by atoms with Crippen LogP contribution in [0.25, 0.3) is 0 Å². The van der Waals surface area contributed by atoms with Gasteiger partial charge in [-0.1, -0.05) is 0 Å². The van der Waals surface area contributed by atoms with Gasteiger partial charge in [0.15, 0.2) is 5.03 Å². The fraction of sp³-hybridized carbons (Fsp3) is 0.385. The van der Waals surface area contributed by atoms with E-state index in [1.54, 1.807) is 23.0 Å². The predicted molar refractivity (Wildman–Crippen MR) is 80.5 cm³/mol. The molecule has 0 atom stereocenters. The maximum atomic E-state index is 12.3. The van der Waals surface area contributed by atoms with E-state index in [4.69, 9.17) is 0 Å². The molecule has 0 aliphatic carbocycles. The second-order valence-corrected chi connectivity index (χ2v) is 6.16. The summed E-state index contributed by atoms with van der Waals surface area (Å²) in [7, 11) is -1.81. The number of nitrogens with one attached hydrogen (secondary N) is 2. The third-order valence-electron chi connectivity index (χ3n) is 2.99. The molecule has 0 unspecified atom stereocenters. The molecule has 0 aliphatic rings. The van der Waals surface area contributed by atoms with E-state index in [-0.39, 0.29) is 5.03 Å². The summed E-state index contributed by atoms with van der Waals surface area (Å²) in [5, 5.41) is 7.07. The predicted octanol–water partition coefficient (Wildman–Crippen LogP) is 0.768. The minimum atomic E-state index is -3.63. The zero-order valence-corrected chi connectivity index (χ0v) is 12.9. The van der Waals surface area contributed by atoms with Gasteiger partial charge in [-0.2, -0.15) is 5.10 Å². The number of sulfonamides is 1. The highest BCUT2D eigenvalue weighted by atomic mass is 32.2. The Kier molecular flexibility index (Phi) is 4.92. The highest BCUT2D eigenvalue weighted by molar-refractivity contribution is 7.89. The largest absolute Gasteiger partial charge is 0.383 e. The lowest BCUT2D eigenvalue weighted by Gasteiger charge is -2.11. The number of hydrogen-bond donors (Lipinski definition) is 2. The zero-order chi connectivity index (χ0) is 15.3. The summed E-state index contributed by atoms with van der Waals surface area (Å²) in [5.41, 5.74) is 1.47. The van der Waals surface area contributed by atoms with Crippen molar-refractivity contribution < 1.29 is 8.42 Å². The Hall–Kier alpha value is -1.93. The Labute approximate surface area is 124 Å². The van der Waals surface area contributed by atoms with Gasteiger partial charge in [0, 0.05) is 44.6 Å². The van der Waals surface area contributed by atoms with Crippen molar-refractivity contribution in [1.82, 2.24) is 19.5 Å². The minimum Gasteiger partial charge on any atom is -0.383 e. The zero-order valence-electron chi connectivity index (χ0n) is 12.1. The number of hydrogen-bond acceptors (Lipinski definition) is 5. The van der Waals surface area contributed by atoms with E-state index in [9.17, 15) is 8.42 Å². The molecule has 114 valence electrons.